The SMILES string of the molecule is Cc1ccc(S(=O)(=O)OCCC2(C)OCCc3nc(-c4ccccc4)sc32)cc1. The molecule has 0 radical (unpaired) electrons. The maximum Gasteiger partial charge on any atom is 0.296 e. The van der Waals surface area contributed by atoms with Crippen LogP contribution in [0.25, 0.3) is 10.6 Å². The standard InChI is InChI=1S/C22H23NO4S2/c1-16-8-10-18(11-9-16)29(24,25)27-15-13-22(2)20-19(12-14-26-22)23-21(28-20)17-6-4-3-5-7-17/h3-11H,12-15H2,1-2H3. The molecule has 7 heteroatoms. The molecule has 0 N–H and O–H groups in total. The molecule has 1 aliphatic heterocycles. The van der Waals surface area contributed by atoms with Crippen molar-refractivity contribution in [2.75, 3.05) is 13.2 Å². The van der Waals surface area contributed by atoms with E-state index in [1.54, 1.807) is 35.6 Å². The van der Waals surface area contributed by atoms with Crippen LogP contribution in [0.3, 0.4) is 0 Å². The molecule has 0 amide bonds. The van der Waals surface area contributed by atoms with Gasteiger partial charge < -0.3 is 4.74 Å². The number of aromatic nitrogens is 1. The molecule has 3 aromatic rings. The molecule has 2 heterocycles. The topological polar surface area (TPSA) is 65.5 Å². The minimum Gasteiger partial charge on any atom is -0.369 e. The normalized spacial score (nSPS) is 19.1. The fourth-order valence-electron chi connectivity index (χ4n) is 3.38. The van der Waals surface area contributed by atoms with Crippen LogP contribution in [0.5, 0.6) is 0 Å². The van der Waals surface area contributed by atoms with E-state index in [1.165, 1.54) is 0 Å². The van der Waals surface area contributed by atoms with Gasteiger partial charge in [0.25, 0.3) is 10.1 Å². The molecule has 4 rings (SSSR count). The van der Waals surface area contributed by atoms with Gasteiger partial charge in [0.2, 0.25) is 0 Å². The summed E-state index contributed by atoms with van der Waals surface area (Å²) >= 11 is 1.61. The van der Waals surface area contributed by atoms with E-state index in [1.807, 2.05) is 44.2 Å². The van der Waals surface area contributed by atoms with Crippen LogP contribution in [-0.2, 0) is 31.1 Å². The Labute approximate surface area is 175 Å². The Morgan fingerprint density at radius 1 is 1.14 bits per heavy atom. The monoisotopic (exact) mass is 429 g/mol. The van der Waals surface area contributed by atoms with Crippen molar-refractivity contribution < 1.29 is 17.3 Å². The van der Waals surface area contributed by atoms with Crippen molar-refractivity contribution in [1.82, 2.24) is 4.98 Å². The lowest BCUT2D eigenvalue weighted by atomic mass is 9.96. The molecule has 0 saturated heterocycles. The van der Waals surface area contributed by atoms with Crippen molar-refractivity contribution >= 4 is 21.5 Å². The average Bonchev–Trinajstić information content (AvgIpc) is 3.15. The number of nitrogens with zero attached hydrogens (tertiary/aromatic N) is 1. The number of aryl methyl sites for hydroxylation is 1. The summed E-state index contributed by atoms with van der Waals surface area (Å²) in [5.41, 5.74) is 2.50. The molecular weight excluding hydrogens is 406 g/mol. The second-order valence-electron chi connectivity index (χ2n) is 7.33. The Bertz CT molecular complexity index is 1090. The molecule has 0 fully saturated rings. The largest absolute Gasteiger partial charge is 0.369 e. The number of hydrogen-bond donors (Lipinski definition) is 0. The molecule has 1 aliphatic rings. The molecule has 0 aliphatic carbocycles. The number of benzene rings is 2. The average molecular weight is 430 g/mol. The van der Waals surface area contributed by atoms with Gasteiger partial charge in [-0.15, -0.1) is 11.3 Å². The maximum absolute atomic E-state index is 12.5. The summed E-state index contributed by atoms with van der Waals surface area (Å²) in [6.45, 7) is 4.51. The molecule has 0 saturated carbocycles. The van der Waals surface area contributed by atoms with E-state index >= 15 is 0 Å². The lowest BCUT2D eigenvalue weighted by molar-refractivity contribution is -0.0560. The highest BCUT2D eigenvalue weighted by molar-refractivity contribution is 7.86. The van der Waals surface area contributed by atoms with E-state index in [-0.39, 0.29) is 11.5 Å². The Balaban J connectivity index is 1.50. The van der Waals surface area contributed by atoms with E-state index in [4.69, 9.17) is 13.9 Å². The fraction of sp³-hybridized carbons (Fsp3) is 0.318. The summed E-state index contributed by atoms with van der Waals surface area (Å²) in [5, 5.41) is 0.959. The van der Waals surface area contributed by atoms with Gasteiger partial charge in [0.1, 0.15) is 10.6 Å². The predicted molar refractivity (Wildman–Crippen MR) is 113 cm³/mol. The van der Waals surface area contributed by atoms with Crippen LogP contribution < -0.4 is 0 Å². The predicted octanol–water partition coefficient (Wildman–Crippen LogP) is 4.70. The quantitative estimate of drug-likeness (QED) is 0.531. The zero-order valence-electron chi connectivity index (χ0n) is 16.4. The van der Waals surface area contributed by atoms with Crippen LogP contribution in [0.1, 0.15) is 29.5 Å². The first kappa shape index (κ1) is 20.2. The molecule has 0 bridgehead atoms. The Hall–Kier alpha value is -2.06. The minimum atomic E-state index is -3.79. The Morgan fingerprint density at radius 2 is 1.86 bits per heavy atom. The molecule has 152 valence electrons. The Kier molecular flexibility index (Phi) is 5.57. The number of rotatable bonds is 6. The van der Waals surface area contributed by atoms with Gasteiger partial charge in [-0.25, -0.2) is 4.98 Å². The van der Waals surface area contributed by atoms with E-state index in [2.05, 4.69) is 0 Å². The lowest BCUT2D eigenvalue weighted by Crippen LogP contribution is -2.33. The van der Waals surface area contributed by atoms with Gasteiger partial charge in [-0.3, -0.25) is 4.18 Å². The van der Waals surface area contributed by atoms with E-state index in [0.29, 0.717) is 13.0 Å². The summed E-state index contributed by atoms with van der Waals surface area (Å²) in [6, 6.07) is 16.7. The van der Waals surface area contributed by atoms with Crippen LogP contribution in [0.15, 0.2) is 59.5 Å². The summed E-state index contributed by atoms with van der Waals surface area (Å²) in [6.07, 6.45) is 1.19. The highest BCUT2D eigenvalue weighted by Gasteiger charge is 2.37. The summed E-state index contributed by atoms with van der Waals surface area (Å²) in [4.78, 5) is 6.03. The number of ether oxygens (including phenoxy) is 1. The van der Waals surface area contributed by atoms with E-state index in [9.17, 15) is 8.42 Å². The maximum atomic E-state index is 12.5. The smallest absolute Gasteiger partial charge is 0.296 e. The number of thiazole rings is 1. The van der Waals surface area contributed by atoms with Crippen LogP contribution >= 0.6 is 11.3 Å². The lowest BCUT2D eigenvalue weighted by Gasteiger charge is -2.33. The molecule has 1 atom stereocenters. The van der Waals surface area contributed by atoms with Gasteiger partial charge in [0.15, 0.2) is 0 Å². The van der Waals surface area contributed by atoms with Crippen LogP contribution in [0.2, 0.25) is 0 Å². The summed E-state index contributed by atoms with van der Waals surface area (Å²) in [7, 11) is -3.79. The third-order valence-corrected chi connectivity index (χ3v) is 7.80. The first-order valence-corrected chi connectivity index (χ1v) is 11.8. The molecule has 29 heavy (non-hydrogen) atoms. The highest BCUT2D eigenvalue weighted by Crippen LogP contribution is 2.42. The highest BCUT2D eigenvalue weighted by atomic mass is 32.2. The van der Waals surface area contributed by atoms with Gasteiger partial charge >= 0.3 is 0 Å². The third kappa shape index (κ3) is 4.28. The molecule has 2 aromatic carbocycles. The molecular formula is C22H23NO4S2. The van der Waals surface area contributed by atoms with Gasteiger partial charge in [0, 0.05) is 18.4 Å². The second-order valence-corrected chi connectivity index (χ2v) is 9.94. The van der Waals surface area contributed by atoms with Crippen molar-refractivity contribution in [1.29, 1.82) is 0 Å². The summed E-state index contributed by atoms with van der Waals surface area (Å²) in [5.74, 6) is 0. The molecule has 5 nitrogen and oxygen atoms in total. The second kappa shape index (κ2) is 7.99. The van der Waals surface area contributed by atoms with Crippen molar-refractivity contribution in [3.63, 3.8) is 0 Å². The van der Waals surface area contributed by atoms with Gasteiger partial charge in [-0.05, 0) is 26.0 Å². The molecule has 1 unspecified atom stereocenters. The van der Waals surface area contributed by atoms with Gasteiger partial charge in [0.05, 0.1) is 28.7 Å². The van der Waals surface area contributed by atoms with Crippen LogP contribution in [0.4, 0.5) is 0 Å². The zero-order valence-corrected chi connectivity index (χ0v) is 18.1. The Morgan fingerprint density at radius 3 is 2.59 bits per heavy atom. The van der Waals surface area contributed by atoms with Crippen molar-refractivity contribution in [2.24, 2.45) is 0 Å². The first-order chi connectivity index (χ1) is 13.9. The minimum absolute atomic E-state index is 0.0463. The molecule has 0 spiro atoms. The van der Waals surface area contributed by atoms with E-state index in [0.717, 1.165) is 33.1 Å². The van der Waals surface area contributed by atoms with Crippen LogP contribution in [-0.4, -0.2) is 26.6 Å². The zero-order chi connectivity index (χ0) is 20.5. The first-order valence-electron chi connectivity index (χ1n) is 9.53. The van der Waals surface area contributed by atoms with Crippen molar-refractivity contribution in [3.05, 3.63) is 70.7 Å². The van der Waals surface area contributed by atoms with Gasteiger partial charge in [-0.2, -0.15) is 8.42 Å². The van der Waals surface area contributed by atoms with Crippen LogP contribution in [0, 0.1) is 6.92 Å². The van der Waals surface area contributed by atoms with Gasteiger partial charge in [-0.1, -0.05) is 48.0 Å². The van der Waals surface area contributed by atoms with Crippen molar-refractivity contribution in [3.8, 4) is 10.6 Å². The summed E-state index contributed by atoms with van der Waals surface area (Å²) < 4.78 is 36.3. The molecule has 1 aromatic heterocycles. The fourth-order valence-corrected chi connectivity index (χ4v) is 5.54. The van der Waals surface area contributed by atoms with Crippen molar-refractivity contribution in [2.45, 2.75) is 37.2 Å². The number of fused-ring (bicyclic) bond motifs is 1. The number of hydrogen-bond acceptors (Lipinski definition) is 6. The van der Waals surface area contributed by atoms with E-state index < -0.39 is 15.7 Å². The third-order valence-electron chi connectivity index (χ3n) is 5.09.